The summed E-state index contributed by atoms with van der Waals surface area (Å²) in [7, 11) is -1.84. The Morgan fingerprint density at radius 3 is 2.30 bits per heavy atom. The molecule has 0 radical (unpaired) electrons. The van der Waals surface area contributed by atoms with Crippen LogP contribution in [0.3, 0.4) is 0 Å². The van der Waals surface area contributed by atoms with Crippen LogP contribution in [0.4, 0.5) is 0 Å². The molecule has 2 aromatic carbocycles. The molecule has 0 fully saturated rings. The van der Waals surface area contributed by atoms with Crippen LogP contribution in [0.5, 0.6) is 0 Å². The summed E-state index contributed by atoms with van der Waals surface area (Å²) in [5, 5.41) is 2.02. The van der Waals surface area contributed by atoms with E-state index in [2.05, 4.69) is 64.4 Å². The maximum Gasteiger partial charge on any atom is 0.216 e. The molecule has 0 aliphatic carbocycles. The van der Waals surface area contributed by atoms with E-state index in [4.69, 9.17) is 16.6 Å². The van der Waals surface area contributed by atoms with Gasteiger partial charge in [-0.3, -0.25) is 0 Å². The zero-order valence-corrected chi connectivity index (χ0v) is 22.8. The summed E-state index contributed by atoms with van der Waals surface area (Å²) in [6, 6.07) is 12.2. The summed E-state index contributed by atoms with van der Waals surface area (Å²) in [5.41, 5.74) is 7.57. The van der Waals surface area contributed by atoms with Crippen molar-refractivity contribution in [2.75, 3.05) is 0 Å². The first-order valence-corrected chi connectivity index (χ1v) is 18.5. The number of hydrogen-bond acceptors (Lipinski definition) is 3. The summed E-state index contributed by atoms with van der Waals surface area (Å²) < 4.78 is 32.7. The Hall–Kier alpha value is -2.71. The van der Waals surface area contributed by atoms with Gasteiger partial charge in [-0.1, -0.05) is 51.4 Å². The van der Waals surface area contributed by atoms with Gasteiger partial charge in [-0.25, -0.2) is 9.55 Å². The number of rotatable bonds is 4. The molecular weight excluding hydrogens is 440 g/mol. The number of benzene rings is 2. The van der Waals surface area contributed by atoms with E-state index in [1.54, 1.807) is 0 Å². The number of fused-ring (bicyclic) bond motifs is 5. The zero-order chi connectivity index (χ0) is 25.5. The molecule has 170 valence electrons. The Morgan fingerprint density at radius 1 is 0.909 bits per heavy atom. The summed E-state index contributed by atoms with van der Waals surface area (Å²) in [6.45, 7) is 15.0. The van der Waals surface area contributed by atoms with Crippen molar-refractivity contribution in [3.05, 3.63) is 53.7 Å². The number of nitrogens with zero attached hydrogens (tertiary/aromatic N) is 2. The Kier molecular flexibility index (Phi) is 4.43. The maximum absolute atomic E-state index is 8.88. The van der Waals surface area contributed by atoms with Gasteiger partial charge in [-0.2, -0.15) is 0 Å². The van der Waals surface area contributed by atoms with Crippen LogP contribution in [0.25, 0.3) is 44.3 Å². The van der Waals surface area contributed by atoms with Crippen LogP contribution in [-0.2, 0) is 13.0 Å². The van der Waals surface area contributed by atoms with Crippen LogP contribution >= 0.6 is 0 Å². The molecule has 3 heterocycles. The summed E-state index contributed by atoms with van der Waals surface area (Å²) >= 11 is 0. The Bertz CT molecular complexity index is 1620. The SMILES string of the molecule is [2H]C([2H])(c1cc[n+](C)c(-c2c(C)ccc3c2oc2c3ccc3nc([Si](C)(C)C)oc32)c1)[Si](C)(C)C. The van der Waals surface area contributed by atoms with E-state index in [1.165, 1.54) is 0 Å². The first kappa shape index (κ1) is 19.7. The molecule has 0 amide bonds. The highest BCUT2D eigenvalue weighted by Gasteiger charge is 2.27. The largest absolute Gasteiger partial charge is 0.451 e. The predicted molar refractivity (Wildman–Crippen MR) is 143 cm³/mol. The number of pyridine rings is 1. The minimum atomic E-state index is -2.12. The standard InChI is InChI=1S/C27H33N2O2Si2/c1-17-9-10-19-20-11-12-21-26(31-27(28-21)33(6,7)8)25(20)30-24(19)23(17)22-15-18(13-14-29(22)2)16-32(3,4)5/h9-15H,16H2,1-8H3/q+1/i16D2. The highest BCUT2D eigenvalue weighted by Crippen LogP contribution is 2.39. The number of aryl methyl sites for hydroxylation is 2. The number of oxazole rings is 1. The number of hydrogen-bond donors (Lipinski definition) is 0. The summed E-state index contributed by atoms with van der Waals surface area (Å²) in [4.78, 5) is 4.77. The van der Waals surface area contributed by atoms with Gasteiger partial charge >= 0.3 is 0 Å². The van der Waals surface area contributed by atoms with Crippen molar-refractivity contribution in [1.29, 1.82) is 0 Å². The lowest BCUT2D eigenvalue weighted by Gasteiger charge is -2.16. The van der Waals surface area contributed by atoms with Gasteiger partial charge < -0.3 is 8.83 Å². The van der Waals surface area contributed by atoms with Gasteiger partial charge in [0, 0.05) is 33.7 Å². The third-order valence-corrected chi connectivity index (χ3v) is 8.48. The molecule has 3 aromatic heterocycles. The maximum atomic E-state index is 8.88. The molecule has 5 rings (SSSR count). The fourth-order valence-electron chi connectivity index (χ4n) is 4.35. The zero-order valence-electron chi connectivity index (χ0n) is 22.8. The number of furan rings is 1. The minimum absolute atomic E-state index is 0.702. The van der Waals surface area contributed by atoms with Crippen LogP contribution < -0.4 is 10.1 Å². The van der Waals surface area contributed by atoms with Crippen LogP contribution in [0.2, 0.25) is 39.3 Å². The third-order valence-electron chi connectivity index (χ3n) is 5.94. The van der Waals surface area contributed by atoms with E-state index < -0.39 is 22.1 Å². The van der Waals surface area contributed by atoms with Crippen LogP contribution in [0.15, 0.2) is 51.4 Å². The van der Waals surface area contributed by atoms with Gasteiger partial charge in [0.1, 0.15) is 26.2 Å². The second kappa shape index (κ2) is 7.40. The van der Waals surface area contributed by atoms with E-state index in [9.17, 15) is 0 Å². The van der Waals surface area contributed by atoms with E-state index in [0.717, 1.165) is 55.4 Å². The lowest BCUT2D eigenvalue weighted by molar-refractivity contribution is -0.660. The van der Waals surface area contributed by atoms with Crippen LogP contribution in [-0.4, -0.2) is 21.1 Å². The lowest BCUT2D eigenvalue weighted by Crippen LogP contribution is -2.38. The van der Waals surface area contributed by atoms with Crippen molar-refractivity contribution in [3.8, 4) is 11.3 Å². The Labute approximate surface area is 200 Å². The third kappa shape index (κ3) is 3.85. The van der Waals surface area contributed by atoms with Gasteiger partial charge in [0.15, 0.2) is 22.9 Å². The fraction of sp³-hybridized carbons (Fsp3) is 0.333. The van der Waals surface area contributed by atoms with E-state index in [-0.39, 0.29) is 0 Å². The molecule has 0 aliphatic rings. The Morgan fingerprint density at radius 2 is 1.61 bits per heavy atom. The van der Waals surface area contributed by atoms with Crippen molar-refractivity contribution in [2.24, 2.45) is 7.05 Å². The molecule has 0 aliphatic heterocycles. The highest BCUT2D eigenvalue weighted by molar-refractivity contribution is 6.87. The summed E-state index contributed by atoms with van der Waals surface area (Å²) in [6.07, 6.45) is 1.96. The molecule has 0 saturated carbocycles. The van der Waals surface area contributed by atoms with Crippen molar-refractivity contribution in [1.82, 2.24) is 4.98 Å². The van der Waals surface area contributed by atoms with Gasteiger partial charge in [0.25, 0.3) is 0 Å². The average molecular weight is 476 g/mol. The molecule has 6 heteroatoms. The summed E-state index contributed by atoms with van der Waals surface area (Å²) in [5.74, 6) is -1.36. The molecule has 0 bridgehead atoms. The lowest BCUT2D eigenvalue weighted by atomic mass is 10.00. The highest BCUT2D eigenvalue weighted by atomic mass is 28.3. The molecular formula is C27H33N2O2Si2+. The smallest absolute Gasteiger partial charge is 0.216 e. The van der Waals surface area contributed by atoms with E-state index >= 15 is 0 Å². The van der Waals surface area contributed by atoms with Crippen molar-refractivity contribution < 1.29 is 16.1 Å². The minimum Gasteiger partial charge on any atom is -0.451 e. The van der Waals surface area contributed by atoms with Crippen LogP contribution in [0, 0.1) is 6.92 Å². The molecule has 5 aromatic rings. The predicted octanol–water partition coefficient (Wildman–Crippen LogP) is 6.49. The molecule has 4 nitrogen and oxygen atoms in total. The monoisotopic (exact) mass is 475 g/mol. The molecule has 0 saturated heterocycles. The van der Waals surface area contributed by atoms with E-state index in [0.29, 0.717) is 5.58 Å². The van der Waals surface area contributed by atoms with Crippen molar-refractivity contribution in [3.63, 3.8) is 0 Å². The van der Waals surface area contributed by atoms with Gasteiger partial charge in [0.2, 0.25) is 5.69 Å². The van der Waals surface area contributed by atoms with Gasteiger partial charge in [-0.15, -0.1) is 0 Å². The van der Waals surface area contributed by atoms with Gasteiger partial charge in [0.05, 0.1) is 5.56 Å². The first-order valence-electron chi connectivity index (χ1n) is 12.5. The molecule has 0 N–H and O–H groups in total. The normalized spacial score (nSPS) is 14.3. The van der Waals surface area contributed by atoms with Crippen LogP contribution in [0.1, 0.15) is 13.9 Å². The molecule has 0 spiro atoms. The van der Waals surface area contributed by atoms with Crippen molar-refractivity contribution in [2.45, 2.75) is 52.2 Å². The van der Waals surface area contributed by atoms with Gasteiger partial charge in [-0.05, 0) is 36.2 Å². The quantitative estimate of drug-likeness (QED) is 0.220. The molecule has 0 atom stereocenters. The number of aromatic nitrogens is 2. The second-order valence-electron chi connectivity index (χ2n) is 11.1. The Balaban J connectivity index is 1.82. The van der Waals surface area contributed by atoms with Crippen molar-refractivity contribution >= 4 is 54.7 Å². The van der Waals surface area contributed by atoms with E-state index in [1.807, 2.05) is 36.0 Å². The molecule has 33 heavy (non-hydrogen) atoms. The second-order valence-corrected chi connectivity index (χ2v) is 20.8. The average Bonchev–Trinajstić information content (AvgIpc) is 3.34. The fourth-order valence-corrected chi connectivity index (χ4v) is 6.24. The topological polar surface area (TPSA) is 43.0 Å². The first-order chi connectivity index (χ1) is 16.2. The molecule has 0 unspecified atom stereocenters.